The van der Waals surface area contributed by atoms with Gasteiger partial charge in [-0.15, -0.1) is 0 Å². The number of rotatable bonds is 5. The number of carbonyl (C=O) groups excluding carboxylic acids is 1. The zero-order chi connectivity index (χ0) is 24.9. The van der Waals surface area contributed by atoms with E-state index in [2.05, 4.69) is 22.0 Å². The second-order valence-corrected chi connectivity index (χ2v) is 10.7. The van der Waals surface area contributed by atoms with Crippen LogP contribution in [0.4, 0.5) is 14.5 Å². The lowest BCUT2D eigenvalue weighted by Crippen LogP contribution is -2.49. The molecule has 5 nitrogen and oxygen atoms in total. The monoisotopic (exact) mass is 492 g/mol. The molecule has 190 valence electrons. The molecule has 2 aliphatic heterocycles. The van der Waals surface area contributed by atoms with Crippen LogP contribution in [0.1, 0.15) is 54.5 Å². The van der Waals surface area contributed by atoms with Gasteiger partial charge in [0.1, 0.15) is 0 Å². The first-order valence-corrected chi connectivity index (χ1v) is 13.4. The van der Waals surface area contributed by atoms with E-state index in [1.807, 2.05) is 47.2 Å². The van der Waals surface area contributed by atoms with Gasteiger partial charge >= 0.3 is 0 Å². The first kappa shape index (κ1) is 23.6. The van der Waals surface area contributed by atoms with Gasteiger partial charge < -0.3 is 9.80 Å². The van der Waals surface area contributed by atoms with Crippen molar-refractivity contribution >= 4 is 23.2 Å². The second-order valence-electron chi connectivity index (χ2n) is 10.7. The highest BCUT2D eigenvalue weighted by Crippen LogP contribution is 2.41. The number of anilines is 1. The number of hydrogen-bond donors (Lipinski definition) is 0. The number of piperidine rings is 1. The number of nitrogens with zero attached hydrogens (tertiary/aromatic N) is 4. The van der Waals surface area contributed by atoms with E-state index in [0.29, 0.717) is 18.9 Å². The normalized spacial score (nSPS) is 24.0. The molecule has 0 N–H and O–H groups in total. The number of alkyl halides is 2. The van der Waals surface area contributed by atoms with Crippen LogP contribution in [-0.2, 0) is 11.2 Å². The number of allylic oxidation sites excluding steroid dienone is 1. The maximum absolute atomic E-state index is 14.8. The van der Waals surface area contributed by atoms with Gasteiger partial charge in [-0.05, 0) is 61.2 Å². The van der Waals surface area contributed by atoms with E-state index in [1.165, 1.54) is 11.3 Å². The van der Waals surface area contributed by atoms with Crippen molar-refractivity contribution in [1.82, 2.24) is 14.8 Å². The van der Waals surface area contributed by atoms with Crippen LogP contribution >= 0.6 is 0 Å². The summed E-state index contributed by atoms with van der Waals surface area (Å²) in [6, 6.07) is 9.85. The summed E-state index contributed by atoms with van der Waals surface area (Å²) in [6.07, 6.45) is 7.41. The highest BCUT2D eigenvalue weighted by atomic mass is 19.3. The number of amides is 1. The zero-order valence-corrected chi connectivity index (χ0v) is 20.9. The molecular weight excluding hydrogens is 458 g/mol. The summed E-state index contributed by atoms with van der Waals surface area (Å²) in [5.41, 5.74) is 6.35. The Labute approximate surface area is 211 Å². The molecule has 2 aromatic rings. The van der Waals surface area contributed by atoms with Gasteiger partial charge in [0.25, 0.3) is 5.92 Å². The quantitative estimate of drug-likeness (QED) is 0.608. The van der Waals surface area contributed by atoms with E-state index in [4.69, 9.17) is 0 Å². The van der Waals surface area contributed by atoms with Crippen LogP contribution in [0.5, 0.6) is 0 Å². The van der Waals surface area contributed by atoms with Crippen molar-refractivity contribution < 1.29 is 13.6 Å². The van der Waals surface area contributed by atoms with E-state index in [1.54, 1.807) is 0 Å². The number of likely N-dealkylation sites (tertiary alicyclic amines) is 1. The summed E-state index contributed by atoms with van der Waals surface area (Å²) < 4.78 is 29.6. The van der Waals surface area contributed by atoms with Gasteiger partial charge in [-0.1, -0.05) is 31.2 Å². The third-order valence-electron chi connectivity index (χ3n) is 8.39. The van der Waals surface area contributed by atoms with Crippen molar-refractivity contribution in [2.45, 2.75) is 44.4 Å². The predicted octanol–water partition coefficient (Wildman–Crippen LogP) is 4.68. The Bertz CT molecular complexity index is 1170. The molecule has 0 spiro atoms. The summed E-state index contributed by atoms with van der Waals surface area (Å²) in [4.78, 5) is 23.3. The molecule has 1 amide bonds. The third-order valence-corrected chi connectivity index (χ3v) is 8.39. The van der Waals surface area contributed by atoms with E-state index in [-0.39, 0.29) is 12.5 Å². The lowest BCUT2D eigenvalue weighted by Gasteiger charge is -2.38. The van der Waals surface area contributed by atoms with Gasteiger partial charge in [-0.25, -0.2) is 8.78 Å². The van der Waals surface area contributed by atoms with Crippen LogP contribution in [0.25, 0.3) is 11.6 Å². The molecule has 1 aromatic carbocycles. The van der Waals surface area contributed by atoms with E-state index < -0.39 is 11.8 Å². The van der Waals surface area contributed by atoms with Crippen molar-refractivity contribution in [1.29, 1.82) is 0 Å². The molecule has 3 heterocycles. The van der Waals surface area contributed by atoms with E-state index >= 15 is 0 Å². The van der Waals surface area contributed by atoms with E-state index in [9.17, 15) is 13.6 Å². The number of pyridine rings is 1. The molecule has 1 saturated carbocycles. The first-order chi connectivity index (χ1) is 17.4. The van der Waals surface area contributed by atoms with Gasteiger partial charge in [0.05, 0.1) is 18.2 Å². The fraction of sp³-hybridized carbons (Fsp3) is 0.517. The molecule has 1 atom stereocenters. The number of piperazine rings is 1. The highest BCUT2D eigenvalue weighted by Gasteiger charge is 2.44. The molecule has 0 radical (unpaired) electrons. The molecule has 2 aliphatic carbocycles. The lowest BCUT2D eigenvalue weighted by atomic mass is 9.85. The van der Waals surface area contributed by atoms with E-state index in [0.717, 1.165) is 74.4 Å². The fourth-order valence-corrected chi connectivity index (χ4v) is 6.05. The van der Waals surface area contributed by atoms with Gasteiger partial charge in [0.2, 0.25) is 5.91 Å². The number of fused-ring (bicyclic) bond motifs is 1. The molecule has 36 heavy (non-hydrogen) atoms. The summed E-state index contributed by atoms with van der Waals surface area (Å²) in [5, 5.41) is 0. The second kappa shape index (κ2) is 9.25. The molecule has 0 bridgehead atoms. The topological polar surface area (TPSA) is 39.7 Å². The lowest BCUT2D eigenvalue weighted by molar-refractivity contribution is -0.132. The van der Waals surface area contributed by atoms with Gasteiger partial charge in [0.15, 0.2) is 0 Å². The van der Waals surface area contributed by atoms with Crippen molar-refractivity contribution in [3.8, 4) is 0 Å². The molecule has 1 aromatic heterocycles. The Balaban J connectivity index is 1.17. The van der Waals surface area contributed by atoms with Gasteiger partial charge in [-0.3, -0.25) is 14.7 Å². The van der Waals surface area contributed by atoms with Crippen molar-refractivity contribution in [3.63, 3.8) is 0 Å². The minimum atomic E-state index is -2.70. The first-order valence-electron chi connectivity index (χ1n) is 13.4. The molecule has 6 rings (SSSR count). The standard InChI is InChI=1S/C29H34F2N4O/c1-2-33-12-10-25(29(30,31)19-33)21-5-3-20(4-6-21)23-17-24-26(18-23)32-11-9-27(24)34-13-15-35(16-14-34)28(36)22-7-8-22/h3-6,9,11,17,22,25H,2,7-8,10,12-16,18-19H2,1H3/t25-/m1/s1. The Morgan fingerprint density at radius 1 is 1.03 bits per heavy atom. The minimum absolute atomic E-state index is 0.159. The number of benzene rings is 1. The Hall–Kier alpha value is -2.80. The van der Waals surface area contributed by atoms with Crippen LogP contribution in [0, 0.1) is 5.92 Å². The SMILES string of the molecule is CCN1CC[C@H](c2ccc(C3=Cc4c(N5CCN(C(=O)C6CC6)CC5)ccnc4C3)cc2)C(F)(F)C1. The van der Waals surface area contributed by atoms with Gasteiger partial charge in [0, 0.05) is 56.0 Å². The van der Waals surface area contributed by atoms with Crippen LogP contribution in [0.15, 0.2) is 36.5 Å². The Morgan fingerprint density at radius 2 is 1.78 bits per heavy atom. The number of halogens is 2. The molecule has 7 heteroatoms. The fourth-order valence-electron chi connectivity index (χ4n) is 6.05. The Kier molecular flexibility index (Phi) is 6.06. The molecule has 0 unspecified atom stereocenters. The average Bonchev–Trinajstić information content (AvgIpc) is 3.65. The summed E-state index contributed by atoms with van der Waals surface area (Å²) >= 11 is 0. The van der Waals surface area contributed by atoms with Crippen molar-refractivity contribution in [2.24, 2.45) is 5.92 Å². The maximum atomic E-state index is 14.8. The maximum Gasteiger partial charge on any atom is 0.267 e. The largest absolute Gasteiger partial charge is 0.367 e. The Morgan fingerprint density at radius 3 is 2.44 bits per heavy atom. The van der Waals surface area contributed by atoms with Crippen molar-refractivity contribution in [2.75, 3.05) is 50.7 Å². The number of aromatic nitrogens is 1. The smallest absolute Gasteiger partial charge is 0.267 e. The highest BCUT2D eigenvalue weighted by molar-refractivity contribution is 5.92. The molecule has 3 fully saturated rings. The average molecular weight is 493 g/mol. The summed E-state index contributed by atoms with van der Waals surface area (Å²) in [5.74, 6) is -2.82. The van der Waals surface area contributed by atoms with Gasteiger partial charge in [-0.2, -0.15) is 0 Å². The van der Waals surface area contributed by atoms with Crippen LogP contribution in [0.3, 0.4) is 0 Å². The predicted molar refractivity (Wildman–Crippen MR) is 138 cm³/mol. The van der Waals surface area contributed by atoms with Crippen molar-refractivity contribution in [3.05, 3.63) is 58.9 Å². The summed E-state index contributed by atoms with van der Waals surface area (Å²) in [7, 11) is 0. The zero-order valence-electron chi connectivity index (χ0n) is 20.9. The molecule has 2 saturated heterocycles. The number of carbonyl (C=O) groups is 1. The minimum Gasteiger partial charge on any atom is -0.367 e. The third kappa shape index (κ3) is 4.42. The molecular formula is C29H34F2N4O. The van der Waals surface area contributed by atoms with Crippen LogP contribution in [0.2, 0.25) is 0 Å². The van der Waals surface area contributed by atoms with Crippen LogP contribution < -0.4 is 4.90 Å². The summed E-state index contributed by atoms with van der Waals surface area (Å²) in [6.45, 7) is 6.37. The molecule has 4 aliphatic rings. The van der Waals surface area contributed by atoms with Crippen LogP contribution in [-0.4, -0.2) is 72.4 Å². The number of hydrogen-bond acceptors (Lipinski definition) is 4.